The van der Waals surface area contributed by atoms with E-state index in [0.717, 1.165) is 0 Å². The van der Waals surface area contributed by atoms with Crippen LogP contribution in [0.4, 0.5) is 4.79 Å². The van der Waals surface area contributed by atoms with E-state index in [1.807, 2.05) is 0 Å². The highest BCUT2D eigenvalue weighted by molar-refractivity contribution is 5.60. The lowest BCUT2D eigenvalue weighted by atomic mass is 10.2. The third-order valence-corrected chi connectivity index (χ3v) is 1.17. The molecule has 9 heavy (non-hydrogen) atoms. The zero-order valence-corrected chi connectivity index (χ0v) is 5.03. The summed E-state index contributed by atoms with van der Waals surface area (Å²) in [5.41, 5.74) is 0. The standard InChI is InChI=1S/C5H8O4/c1-3-2-8-5(7)9-4(3)6/h3-4,6H,2H2,1H3. The minimum Gasteiger partial charge on any atom is -0.434 e. The molecule has 1 rings (SSSR count). The molecule has 4 heteroatoms. The van der Waals surface area contributed by atoms with E-state index in [0.29, 0.717) is 0 Å². The molecule has 1 aliphatic rings. The number of aliphatic hydroxyl groups is 1. The number of cyclic esters (lactones) is 2. The molecule has 0 aliphatic carbocycles. The number of aliphatic hydroxyl groups excluding tert-OH is 1. The van der Waals surface area contributed by atoms with Crippen molar-refractivity contribution in [3.05, 3.63) is 0 Å². The van der Waals surface area contributed by atoms with Crippen molar-refractivity contribution < 1.29 is 19.4 Å². The Kier molecular flexibility index (Phi) is 1.57. The third-order valence-electron chi connectivity index (χ3n) is 1.17. The first-order chi connectivity index (χ1) is 4.20. The van der Waals surface area contributed by atoms with Gasteiger partial charge in [-0.15, -0.1) is 0 Å². The highest BCUT2D eigenvalue weighted by atomic mass is 16.8. The van der Waals surface area contributed by atoms with Gasteiger partial charge in [0.2, 0.25) is 6.29 Å². The summed E-state index contributed by atoms with van der Waals surface area (Å²) < 4.78 is 8.73. The van der Waals surface area contributed by atoms with Gasteiger partial charge in [0.15, 0.2) is 0 Å². The Morgan fingerprint density at radius 1 is 1.78 bits per heavy atom. The van der Waals surface area contributed by atoms with Crippen molar-refractivity contribution in [2.45, 2.75) is 13.2 Å². The van der Waals surface area contributed by atoms with Crippen LogP contribution in [0.5, 0.6) is 0 Å². The van der Waals surface area contributed by atoms with Crippen LogP contribution in [0.1, 0.15) is 6.92 Å². The monoisotopic (exact) mass is 132 g/mol. The quantitative estimate of drug-likeness (QED) is 0.475. The van der Waals surface area contributed by atoms with E-state index in [9.17, 15) is 4.79 Å². The maximum absolute atomic E-state index is 10.2. The number of rotatable bonds is 0. The highest BCUT2D eigenvalue weighted by Gasteiger charge is 2.26. The van der Waals surface area contributed by atoms with E-state index in [1.54, 1.807) is 6.92 Å². The number of hydrogen-bond donors (Lipinski definition) is 1. The smallest absolute Gasteiger partial charge is 0.434 e. The first-order valence-electron chi connectivity index (χ1n) is 2.71. The summed E-state index contributed by atoms with van der Waals surface area (Å²) >= 11 is 0. The third kappa shape index (κ3) is 1.32. The summed E-state index contributed by atoms with van der Waals surface area (Å²) in [7, 11) is 0. The van der Waals surface area contributed by atoms with Crippen LogP contribution in [0.2, 0.25) is 0 Å². The van der Waals surface area contributed by atoms with E-state index in [1.165, 1.54) is 0 Å². The second kappa shape index (κ2) is 2.23. The summed E-state index contributed by atoms with van der Waals surface area (Å²) in [5.74, 6) is -0.123. The van der Waals surface area contributed by atoms with Crippen LogP contribution in [0, 0.1) is 5.92 Å². The van der Waals surface area contributed by atoms with Gasteiger partial charge in [-0.05, 0) is 0 Å². The lowest BCUT2D eigenvalue weighted by molar-refractivity contribution is -0.152. The molecule has 0 aromatic heterocycles. The maximum atomic E-state index is 10.2. The van der Waals surface area contributed by atoms with Crippen molar-refractivity contribution in [2.75, 3.05) is 6.61 Å². The molecule has 0 saturated carbocycles. The second-order valence-electron chi connectivity index (χ2n) is 2.05. The fraction of sp³-hybridized carbons (Fsp3) is 0.800. The molecule has 1 aliphatic heterocycles. The van der Waals surface area contributed by atoms with Crippen LogP contribution in [0.15, 0.2) is 0 Å². The summed E-state index contributed by atoms with van der Waals surface area (Å²) in [6.45, 7) is 1.97. The Balaban J connectivity index is 2.44. The average Bonchev–Trinajstić information content (AvgIpc) is 1.80. The van der Waals surface area contributed by atoms with E-state index in [-0.39, 0.29) is 12.5 Å². The molecule has 0 spiro atoms. The molecule has 4 nitrogen and oxygen atoms in total. The van der Waals surface area contributed by atoms with Gasteiger partial charge in [0.05, 0.1) is 5.92 Å². The van der Waals surface area contributed by atoms with Crippen molar-refractivity contribution in [2.24, 2.45) is 5.92 Å². The molecule has 1 N–H and O–H groups in total. The van der Waals surface area contributed by atoms with Crippen LogP contribution in [-0.2, 0) is 9.47 Å². The Labute approximate surface area is 52.4 Å². The van der Waals surface area contributed by atoms with Crippen molar-refractivity contribution in [3.63, 3.8) is 0 Å². The molecule has 0 amide bonds. The van der Waals surface area contributed by atoms with Crippen LogP contribution >= 0.6 is 0 Å². The minimum absolute atomic E-state index is 0.123. The molecule has 0 aromatic carbocycles. The average molecular weight is 132 g/mol. The van der Waals surface area contributed by atoms with Gasteiger partial charge in [-0.25, -0.2) is 4.79 Å². The second-order valence-corrected chi connectivity index (χ2v) is 2.05. The summed E-state index contributed by atoms with van der Waals surface area (Å²) in [5, 5.41) is 8.83. The molecule has 0 aromatic rings. The number of carbonyl (C=O) groups excluding carboxylic acids is 1. The van der Waals surface area contributed by atoms with Gasteiger partial charge in [0.25, 0.3) is 0 Å². The highest BCUT2D eigenvalue weighted by Crippen LogP contribution is 2.11. The molecule has 2 atom stereocenters. The molecule has 52 valence electrons. The lowest BCUT2D eigenvalue weighted by Crippen LogP contribution is -2.34. The van der Waals surface area contributed by atoms with Gasteiger partial charge in [0, 0.05) is 0 Å². The van der Waals surface area contributed by atoms with Crippen molar-refractivity contribution >= 4 is 6.16 Å². The lowest BCUT2D eigenvalue weighted by Gasteiger charge is -2.23. The van der Waals surface area contributed by atoms with Crippen LogP contribution in [0.3, 0.4) is 0 Å². The number of carbonyl (C=O) groups is 1. The predicted octanol–water partition coefficient (Wildman–Crippen LogP) is 0.108. The Morgan fingerprint density at radius 3 is 2.89 bits per heavy atom. The minimum atomic E-state index is -0.994. The summed E-state index contributed by atoms with van der Waals surface area (Å²) in [6.07, 6.45) is -1.79. The van der Waals surface area contributed by atoms with Gasteiger partial charge in [0.1, 0.15) is 6.61 Å². The first kappa shape index (κ1) is 6.35. The van der Waals surface area contributed by atoms with Gasteiger partial charge in [-0.3, -0.25) is 0 Å². The molecular weight excluding hydrogens is 124 g/mol. The molecular formula is C5H8O4. The van der Waals surface area contributed by atoms with Crippen molar-refractivity contribution in [1.29, 1.82) is 0 Å². The van der Waals surface area contributed by atoms with E-state index in [4.69, 9.17) is 5.11 Å². The first-order valence-corrected chi connectivity index (χ1v) is 2.71. The van der Waals surface area contributed by atoms with Gasteiger partial charge >= 0.3 is 6.16 Å². The van der Waals surface area contributed by atoms with Gasteiger partial charge in [-0.1, -0.05) is 6.92 Å². The molecule has 0 radical (unpaired) electrons. The fourth-order valence-corrected chi connectivity index (χ4v) is 0.531. The van der Waals surface area contributed by atoms with Crippen molar-refractivity contribution in [1.82, 2.24) is 0 Å². The molecule has 1 heterocycles. The van der Waals surface area contributed by atoms with E-state index in [2.05, 4.69) is 9.47 Å². The van der Waals surface area contributed by atoms with Crippen LogP contribution in [0.25, 0.3) is 0 Å². The maximum Gasteiger partial charge on any atom is 0.510 e. The summed E-state index contributed by atoms with van der Waals surface area (Å²) in [6, 6.07) is 0. The zero-order chi connectivity index (χ0) is 6.85. The van der Waals surface area contributed by atoms with E-state index >= 15 is 0 Å². The molecule has 0 bridgehead atoms. The fourth-order valence-electron chi connectivity index (χ4n) is 0.531. The Morgan fingerprint density at radius 2 is 2.44 bits per heavy atom. The number of ether oxygens (including phenoxy) is 2. The van der Waals surface area contributed by atoms with Crippen LogP contribution in [-0.4, -0.2) is 24.2 Å². The zero-order valence-electron chi connectivity index (χ0n) is 5.03. The molecule has 1 fully saturated rings. The summed E-state index contributed by atoms with van der Waals surface area (Å²) in [4.78, 5) is 10.2. The van der Waals surface area contributed by atoms with Gasteiger partial charge < -0.3 is 14.6 Å². The largest absolute Gasteiger partial charge is 0.510 e. The normalized spacial score (nSPS) is 35.1. The SMILES string of the molecule is CC1COC(=O)OC1O. The van der Waals surface area contributed by atoms with Crippen molar-refractivity contribution in [3.8, 4) is 0 Å². The van der Waals surface area contributed by atoms with E-state index < -0.39 is 12.4 Å². The molecule has 2 unspecified atom stereocenters. The Hall–Kier alpha value is -0.770. The molecule has 1 saturated heterocycles. The van der Waals surface area contributed by atoms with Crippen LogP contribution < -0.4 is 0 Å². The predicted molar refractivity (Wildman–Crippen MR) is 27.6 cm³/mol. The van der Waals surface area contributed by atoms with Gasteiger partial charge in [-0.2, -0.15) is 0 Å². The Bertz CT molecular complexity index is 122. The topological polar surface area (TPSA) is 55.8 Å². The number of hydrogen-bond acceptors (Lipinski definition) is 4.